The van der Waals surface area contributed by atoms with Crippen molar-refractivity contribution >= 4 is 21.8 Å². The van der Waals surface area contributed by atoms with E-state index in [-0.39, 0.29) is 5.91 Å². The number of piperidine rings is 1. The fourth-order valence-corrected chi connectivity index (χ4v) is 3.69. The topological polar surface area (TPSA) is 29.5 Å². The second-order valence-corrected chi connectivity index (χ2v) is 6.40. The molecule has 1 atom stereocenters. The molecule has 1 fully saturated rings. The summed E-state index contributed by atoms with van der Waals surface area (Å²) in [5.74, 6) is 0.186. The summed E-state index contributed by atoms with van der Waals surface area (Å²) in [6, 6.07) is 6.40. The second kappa shape index (κ2) is 6.27. The quantitative estimate of drug-likeness (QED) is 0.790. The zero-order chi connectivity index (χ0) is 13.9. The van der Waals surface area contributed by atoms with Crippen LogP contribution in [0.3, 0.4) is 0 Å². The minimum Gasteiger partial charge on any atom is -0.372 e. The van der Waals surface area contributed by atoms with E-state index in [0.717, 1.165) is 36.7 Å². The number of likely N-dealkylation sites (tertiary alicyclic amines) is 1. The Bertz CT molecular complexity index is 501. The molecule has 3 nitrogen and oxygen atoms in total. The van der Waals surface area contributed by atoms with Crippen molar-refractivity contribution in [3.05, 3.63) is 34.9 Å². The van der Waals surface area contributed by atoms with Crippen molar-refractivity contribution in [2.45, 2.75) is 44.9 Å². The summed E-state index contributed by atoms with van der Waals surface area (Å²) in [5, 5.41) is 0.958. The van der Waals surface area contributed by atoms with E-state index in [0.29, 0.717) is 19.3 Å². The summed E-state index contributed by atoms with van der Waals surface area (Å²) in [4.78, 5) is 14.8. The summed E-state index contributed by atoms with van der Waals surface area (Å²) in [5.41, 5.74) is 3.21. The molecular formula is C16H20BrNO2. The highest BCUT2D eigenvalue weighted by Crippen LogP contribution is 2.25. The predicted octanol–water partition coefficient (Wildman–Crippen LogP) is 3.50. The minimum atomic E-state index is 0.186. The van der Waals surface area contributed by atoms with Crippen molar-refractivity contribution < 1.29 is 9.53 Å². The number of nitrogens with zero attached hydrogens (tertiary/aromatic N) is 1. The van der Waals surface area contributed by atoms with Crippen molar-refractivity contribution in [2.75, 3.05) is 11.9 Å². The number of carbonyl (C=O) groups excluding carboxylic acids is 1. The van der Waals surface area contributed by atoms with Crippen LogP contribution in [0.2, 0.25) is 0 Å². The van der Waals surface area contributed by atoms with E-state index in [1.807, 2.05) is 18.2 Å². The van der Waals surface area contributed by atoms with Gasteiger partial charge in [-0.1, -0.05) is 22.0 Å². The molecule has 1 aromatic carbocycles. The summed E-state index contributed by atoms with van der Waals surface area (Å²) in [7, 11) is 0. The molecule has 0 aromatic heterocycles. The molecule has 0 saturated carbocycles. The number of rotatable bonds is 3. The number of benzene rings is 1. The molecule has 1 saturated heterocycles. The third-order valence-electron chi connectivity index (χ3n) is 4.30. The Morgan fingerprint density at radius 3 is 3.00 bits per heavy atom. The Kier molecular flexibility index (Phi) is 4.41. The first kappa shape index (κ1) is 14.1. The maximum absolute atomic E-state index is 12.8. The zero-order valence-electron chi connectivity index (χ0n) is 11.6. The fraction of sp³-hybridized carbons (Fsp3) is 0.562. The first-order valence-corrected chi connectivity index (χ1v) is 8.48. The Labute approximate surface area is 128 Å². The average molecular weight is 338 g/mol. The molecule has 108 valence electrons. The van der Waals surface area contributed by atoms with Crippen LogP contribution >= 0.6 is 15.9 Å². The van der Waals surface area contributed by atoms with Crippen LogP contribution in [-0.2, 0) is 18.0 Å². The van der Waals surface area contributed by atoms with Gasteiger partial charge >= 0.3 is 0 Å². The highest BCUT2D eigenvalue weighted by Gasteiger charge is 2.27. The number of carbonyl (C=O) groups is 1. The van der Waals surface area contributed by atoms with Crippen LogP contribution in [0.5, 0.6) is 0 Å². The van der Waals surface area contributed by atoms with Gasteiger partial charge in [0.1, 0.15) is 0 Å². The van der Waals surface area contributed by atoms with E-state index in [1.165, 1.54) is 17.5 Å². The van der Waals surface area contributed by atoms with E-state index in [2.05, 4.69) is 20.8 Å². The third kappa shape index (κ3) is 2.77. The molecule has 0 radical (unpaired) electrons. The van der Waals surface area contributed by atoms with Crippen LogP contribution in [0.15, 0.2) is 18.2 Å². The molecule has 1 amide bonds. The number of fused-ring (bicyclic) bond motifs is 1. The average Bonchev–Trinajstić information content (AvgIpc) is 2.95. The second-order valence-electron chi connectivity index (χ2n) is 5.60. The number of ether oxygens (including phenoxy) is 1. The van der Waals surface area contributed by atoms with E-state index in [9.17, 15) is 4.79 Å². The Morgan fingerprint density at radius 1 is 1.30 bits per heavy atom. The number of hydrogen-bond acceptors (Lipinski definition) is 2. The lowest BCUT2D eigenvalue weighted by atomic mass is 9.98. The van der Waals surface area contributed by atoms with Gasteiger partial charge in [0.2, 0.25) is 0 Å². The normalized spacial score (nSPS) is 21.9. The lowest BCUT2D eigenvalue weighted by Crippen LogP contribution is -2.44. The first-order chi connectivity index (χ1) is 9.79. The monoisotopic (exact) mass is 337 g/mol. The molecule has 0 N–H and O–H groups in total. The standard InChI is InChI=1S/C16H20BrNO2/c17-7-6-15-3-1-2-8-18(15)16(19)12-4-5-13-10-20-11-14(13)9-12/h4-5,9,15H,1-3,6-8,10-11H2. The van der Waals surface area contributed by atoms with Crippen LogP contribution in [0.1, 0.15) is 47.2 Å². The number of alkyl halides is 1. The summed E-state index contributed by atoms with van der Waals surface area (Å²) in [6.07, 6.45) is 4.53. The van der Waals surface area contributed by atoms with Crippen LogP contribution in [0.4, 0.5) is 0 Å². The van der Waals surface area contributed by atoms with E-state index >= 15 is 0 Å². The van der Waals surface area contributed by atoms with Gasteiger partial charge in [-0.05, 0) is 48.9 Å². The fourth-order valence-electron chi connectivity index (χ4n) is 3.16. The van der Waals surface area contributed by atoms with Crippen molar-refractivity contribution in [3.63, 3.8) is 0 Å². The summed E-state index contributed by atoms with van der Waals surface area (Å²) >= 11 is 3.50. The van der Waals surface area contributed by atoms with Crippen LogP contribution in [-0.4, -0.2) is 28.7 Å². The van der Waals surface area contributed by atoms with Crippen LogP contribution < -0.4 is 0 Å². The number of halogens is 1. The molecule has 0 spiro atoms. The van der Waals surface area contributed by atoms with Crippen molar-refractivity contribution in [2.24, 2.45) is 0 Å². The van der Waals surface area contributed by atoms with Gasteiger partial charge in [0, 0.05) is 23.5 Å². The van der Waals surface area contributed by atoms with Gasteiger partial charge in [0.05, 0.1) is 13.2 Å². The van der Waals surface area contributed by atoms with Crippen molar-refractivity contribution in [3.8, 4) is 0 Å². The molecule has 2 aliphatic rings. The molecule has 2 aliphatic heterocycles. The smallest absolute Gasteiger partial charge is 0.254 e. The predicted molar refractivity (Wildman–Crippen MR) is 82.0 cm³/mol. The third-order valence-corrected chi connectivity index (χ3v) is 4.76. The molecule has 3 rings (SSSR count). The minimum absolute atomic E-state index is 0.186. The lowest BCUT2D eigenvalue weighted by Gasteiger charge is -2.35. The highest BCUT2D eigenvalue weighted by atomic mass is 79.9. The summed E-state index contributed by atoms with van der Waals surface area (Å²) in [6.45, 7) is 2.21. The van der Waals surface area contributed by atoms with Gasteiger partial charge in [0.15, 0.2) is 0 Å². The Balaban J connectivity index is 1.80. The largest absolute Gasteiger partial charge is 0.372 e. The Hall–Kier alpha value is -0.870. The maximum Gasteiger partial charge on any atom is 0.254 e. The molecule has 1 unspecified atom stereocenters. The molecule has 1 aromatic rings. The van der Waals surface area contributed by atoms with Crippen LogP contribution in [0, 0.1) is 0 Å². The van der Waals surface area contributed by atoms with Gasteiger partial charge in [0.25, 0.3) is 5.91 Å². The van der Waals surface area contributed by atoms with E-state index in [1.54, 1.807) is 0 Å². The van der Waals surface area contributed by atoms with E-state index in [4.69, 9.17) is 4.74 Å². The maximum atomic E-state index is 12.8. The SMILES string of the molecule is O=C(c1ccc2c(c1)COC2)N1CCCCC1CCBr. The van der Waals surface area contributed by atoms with Gasteiger partial charge in [-0.25, -0.2) is 0 Å². The molecule has 4 heteroatoms. The van der Waals surface area contributed by atoms with Gasteiger partial charge in [-0.2, -0.15) is 0 Å². The molecule has 0 aliphatic carbocycles. The Morgan fingerprint density at radius 2 is 2.15 bits per heavy atom. The van der Waals surface area contributed by atoms with E-state index < -0.39 is 0 Å². The van der Waals surface area contributed by atoms with Gasteiger partial charge in [-0.3, -0.25) is 4.79 Å². The van der Waals surface area contributed by atoms with Crippen molar-refractivity contribution in [1.29, 1.82) is 0 Å². The number of hydrogen-bond donors (Lipinski definition) is 0. The number of amides is 1. The zero-order valence-corrected chi connectivity index (χ0v) is 13.2. The molecule has 20 heavy (non-hydrogen) atoms. The molecule has 0 bridgehead atoms. The molecule has 2 heterocycles. The van der Waals surface area contributed by atoms with Gasteiger partial charge in [-0.15, -0.1) is 0 Å². The molecular weight excluding hydrogens is 318 g/mol. The van der Waals surface area contributed by atoms with Gasteiger partial charge < -0.3 is 9.64 Å². The lowest BCUT2D eigenvalue weighted by molar-refractivity contribution is 0.0610. The highest BCUT2D eigenvalue weighted by molar-refractivity contribution is 9.09. The summed E-state index contributed by atoms with van der Waals surface area (Å²) < 4.78 is 5.42. The van der Waals surface area contributed by atoms with Crippen molar-refractivity contribution in [1.82, 2.24) is 4.90 Å². The van der Waals surface area contributed by atoms with Crippen LogP contribution in [0.25, 0.3) is 0 Å². The first-order valence-electron chi connectivity index (χ1n) is 7.36.